The highest BCUT2D eigenvalue weighted by atomic mass is 35.5. The van der Waals surface area contributed by atoms with Crippen LogP contribution in [0.25, 0.3) is 10.9 Å². The summed E-state index contributed by atoms with van der Waals surface area (Å²) in [7, 11) is -2.06. The maximum atomic E-state index is 12.5. The summed E-state index contributed by atoms with van der Waals surface area (Å²) in [5.41, 5.74) is 4.65. The molecule has 1 aliphatic heterocycles. The van der Waals surface area contributed by atoms with Crippen molar-refractivity contribution < 1.29 is 17.9 Å². The number of nitriles is 1. The van der Waals surface area contributed by atoms with Crippen molar-refractivity contribution in [3.05, 3.63) is 88.8 Å². The largest absolute Gasteiger partial charge is 0.493 e. The Morgan fingerprint density at radius 3 is 2.61 bits per heavy atom. The molecule has 0 saturated carbocycles. The Morgan fingerprint density at radius 2 is 1.91 bits per heavy atom. The van der Waals surface area contributed by atoms with Gasteiger partial charge in [-0.3, -0.25) is 4.98 Å². The first kappa shape index (κ1) is 33.2. The predicted octanol–water partition coefficient (Wildman–Crippen LogP) is 6.81. The Hall–Kier alpha value is -4.15. The Bertz CT molecular complexity index is 1920. The van der Waals surface area contributed by atoms with E-state index < -0.39 is 10.0 Å². The molecule has 1 aromatic heterocycles. The Labute approximate surface area is 278 Å². The van der Waals surface area contributed by atoms with Crippen LogP contribution in [-0.2, 0) is 10.0 Å². The zero-order chi connectivity index (χ0) is 32.8. The molecule has 0 amide bonds. The number of halogens is 1. The summed E-state index contributed by atoms with van der Waals surface area (Å²) in [6, 6.07) is 19.7. The van der Waals surface area contributed by atoms with E-state index in [2.05, 4.69) is 52.1 Å². The van der Waals surface area contributed by atoms with Gasteiger partial charge in [-0.15, -0.1) is 0 Å². The van der Waals surface area contributed by atoms with E-state index in [1.54, 1.807) is 54.2 Å². The van der Waals surface area contributed by atoms with Crippen LogP contribution >= 0.6 is 23.4 Å². The first-order valence-corrected chi connectivity index (χ1v) is 17.4. The number of hydrogen-bond donors (Lipinski definition) is 3. The van der Waals surface area contributed by atoms with Crippen LogP contribution < -0.4 is 24.8 Å². The lowest BCUT2D eigenvalue weighted by Gasteiger charge is -2.26. The van der Waals surface area contributed by atoms with E-state index in [-0.39, 0.29) is 23.5 Å². The van der Waals surface area contributed by atoms with Gasteiger partial charge in [0.05, 0.1) is 40.4 Å². The summed E-state index contributed by atoms with van der Waals surface area (Å²) in [6.45, 7) is 7.63. The number of sulfonamides is 1. The van der Waals surface area contributed by atoms with Gasteiger partial charge in [0.25, 0.3) is 0 Å². The third kappa shape index (κ3) is 7.29. The van der Waals surface area contributed by atoms with Crippen LogP contribution in [0.15, 0.2) is 88.0 Å². The predicted molar refractivity (Wildman–Crippen MR) is 183 cm³/mol. The molecule has 13 heteroatoms. The second kappa shape index (κ2) is 14.5. The van der Waals surface area contributed by atoms with Gasteiger partial charge in [-0.2, -0.15) is 5.26 Å². The van der Waals surface area contributed by atoms with E-state index in [0.29, 0.717) is 50.8 Å². The molecule has 0 radical (unpaired) electrons. The number of pyridine rings is 1. The first-order valence-electron chi connectivity index (χ1n) is 14.7. The molecular weight excluding hydrogens is 644 g/mol. The fraction of sp³-hybridized carbons (Fsp3) is 0.273. The van der Waals surface area contributed by atoms with Gasteiger partial charge >= 0.3 is 0 Å². The fourth-order valence-corrected chi connectivity index (χ4v) is 7.67. The summed E-state index contributed by atoms with van der Waals surface area (Å²) < 4.78 is 39.1. The quantitative estimate of drug-likeness (QED) is 0.130. The van der Waals surface area contributed by atoms with Crippen molar-refractivity contribution >= 4 is 55.7 Å². The number of benzene rings is 3. The van der Waals surface area contributed by atoms with Crippen LogP contribution in [-0.4, -0.2) is 50.6 Å². The lowest BCUT2D eigenvalue weighted by atomic mass is 10.1. The Kier molecular flexibility index (Phi) is 10.5. The highest BCUT2D eigenvalue weighted by Crippen LogP contribution is 2.40. The highest BCUT2D eigenvalue weighted by Gasteiger charge is 2.27. The average Bonchev–Trinajstić information content (AvgIpc) is 3.33. The molecule has 1 aliphatic rings. The van der Waals surface area contributed by atoms with E-state index in [9.17, 15) is 13.7 Å². The summed E-state index contributed by atoms with van der Waals surface area (Å²) in [5.74, 6) is 0.904. The molecule has 0 bridgehead atoms. The third-order valence-corrected chi connectivity index (χ3v) is 10.7. The van der Waals surface area contributed by atoms with Gasteiger partial charge in [0.1, 0.15) is 6.07 Å². The van der Waals surface area contributed by atoms with Crippen LogP contribution in [0, 0.1) is 11.3 Å². The van der Waals surface area contributed by atoms with Crippen molar-refractivity contribution in [3.8, 4) is 17.6 Å². The maximum Gasteiger partial charge on any atom is 0.240 e. The second-order valence-corrected chi connectivity index (χ2v) is 13.8. The summed E-state index contributed by atoms with van der Waals surface area (Å²) in [6.07, 6.45) is 1.94. The number of nitrogens with one attached hydrogen (secondary N) is 3. The van der Waals surface area contributed by atoms with Crippen molar-refractivity contribution in [3.63, 3.8) is 0 Å². The molecule has 3 aromatic carbocycles. The number of fused-ring (bicyclic) bond motifs is 1. The van der Waals surface area contributed by atoms with Gasteiger partial charge in [-0.25, -0.2) is 13.1 Å². The van der Waals surface area contributed by atoms with E-state index in [4.69, 9.17) is 21.1 Å². The number of hydrogen-bond acceptors (Lipinski definition) is 10. The number of rotatable bonds is 13. The molecule has 4 aromatic rings. The van der Waals surface area contributed by atoms with Crippen LogP contribution in [0.5, 0.6) is 11.5 Å². The van der Waals surface area contributed by atoms with E-state index >= 15 is 0 Å². The minimum Gasteiger partial charge on any atom is -0.493 e. The zero-order valence-corrected chi connectivity index (χ0v) is 28.3. The molecule has 0 saturated heterocycles. The number of nitrogens with zero attached hydrogens (tertiary/aromatic N) is 3. The van der Waals surface area contributed by atoms with Gasteiger partial charge < -0.3 is 25.0 Å². The molecule has 1 atom stereocenters. The average molecular weight is 679 g/mol. The third-order valence-electron chi connectivity index (χ3n) is 7.58. The molecule has 46 heavy (non-hydrogen) atoms. The number of thioether (sulfide) groups is 1. The standard InChI is InChI=1S/C33H35ClN6O4S2/c1-5-40-22(3)21(2)38-33(40)45-31-13-12-24(16-27(31)34)39-32-23(19-35)20-36-28-18-30(29(43-4)17-26(28)32)44-15-9-14-37-46(41,42)25-10-7-6-8-11-25/h6-8,10-13,16-18,20,33,37-38H,5,9,14-15H2,1-4H3,(H,36,39). The molecule has 1 unspecified atom stereocenters. The molecule has 10 nitrogen and oxygen atoms in total. The van der Waals surface area contributed by atoms with Gasteiger partial charge in [-0.05, 0) is 63.6 Å². The monoisotopic (exact) mass is 678 g/mol. The fourth-order valence-electron chi connectivity index (χ4n) is 5.03. The summed E-state index contributed by atoms with van der Waals surface area (Å²) in [5, 5.41) is 18.0. The topological polar surface area (TPSA) is 129 Å². The van der Waals surface area contributed by atoms with Crippen LogP contribution in [0.2, 0.25) is 5.02 Å². The van der Waals surface area contributed by atoms with Crippen molar-refractivity contribution in [1.29, 1.82) is 5.26 Å². The lowest BCUT2D eigenvalue weighted by molar-refractivity contribution is 0.290. The molecule has 0 spiro atoms. The number of methoxy groups -OCH3 is 1. The normalized spacial score (nSPS) is 14.7. The van der Waals surface area contributed by atoms with Crippen molar-refractivity contribution in [2.24, 2.45) is 0 Å². The van der Waals surface area contributed by atoms with Crippen LogP contribution in [0.3, 0.4) is 0 Å². The first-order chi connectivity index (χ1) is 22.1. The number of aromatic nitrogens is 1. The van der Waals surface area contributed by atoms with Crippen LogP contribution in [0.1, 0.15) is 32.8 Å². The highest BCUT2D eigenvalue weighted by molar-refractivity contribution is 8.00. The Morgan fingerprint density at radius 1 is 1.13 bits per heavy atom. The summed E-state index contributed by atoms with van der Waals surface area (Å²) in [4.78, 5) is 7.92. The van der Waals surface area contributed by atoms with E-state index in [1.165, 1.54) is 19.0 Å². The van der Waals surface area contributed by atoms with E-state index in [0.717, 1.165) is 17.1 Å². The van der Waals surface area contributed by atoms with Crippen molar-refractivity contribution in [1.82, 2.24) is 19.9 Å². The van der Waals surface area contributed by atoms with Gasteiger partial charge in [0.15, 0.2) is 17.0 Å². The second-order valence-electron chi connectivity index (χ2n) is 10.5. The molecule has 0 aliphatic carbocycles. The lowest BCUT2D eigenvalue weighted by Crippen LogP contribution is -2.33. The number of anilines is 2. The van der Waals surface area contributed by atoms with E-state index in [1.807, 2.05) is 18.2 Å². The smallest absolute Gasteiger partial charge is 0.240 e. The zero-order valence-electron chi connectivity index (χ0n) is 25.9. The molecule has 3 N–H and O–H groups in total. The van der Waals surface area contributed by atoms with Crippen molar-refractivity contribution in [2.45, 2.75) is 42.5 Å². The maximum absolute atomic E-state index is 12.5. The summed E-state index contributed by atoms with van der Waals surface area (Å²) >= 11 is 8.40. The van der Waals surface area contributed by atoms with Gasteiger partial charge in [0.2, 0.25) is 10.0 Å². The van der Waals surface area contributed by atoms with Gasteiger partial charge in [-0.1, -0.05) is 41.6 Å². The molecule has 240 valence electrons. The Balaban J connectivity index is 1.30. The minimum absolute atomic E-state index is 0.0538. The molecule has 2 heterocycles. The van der Waals surface area contributed by atoms with Gasteiger partial charge in [0, 0.05) is 52.7 Å². The molecule has 0 fully saturated rings. The van der Waals surface area contributed by atoms with Crippen molar-refractivity contribution in [2.75, 3.05) is 32.1 Å². The SMILES string of the molecule is CCN1C(C)=C(C)NC1Sc1ccc(Nc2c(C#N)cnc3cc(OCCCNS(=O)(=O)c4ccccc4)c(OC)cc23)cc1Cl. The number of ether oxygens (including phenoxy) is 2. The van der Waals surface area contributed by atoms with Crippen LogP contribution in [0.4, 0.5) is 11.4 Å². The molecule has 5 rings (SSSR count). The number of allylic oxidation sites excluding steroid dienone is 2. The molecular formula is C33H35ClN6O4S2. The minimum atomic E-state index is -3.59.